The summed E-state index contributed by atoms with van der Waals surface area (Å²) in [7, 11) is 0. The summed E-state index contributed by atoms with van der Waals surface area (Å²) < 4.78 is 16.6. The van der Waals surface area contributed by atoms with Gasteiger partial charge in [-0.25, -0.2) is 9.97 Å². The zero-order valence-electron chi connectivity index (χ0n) is 12.6. The zero-order valence-corrected chi connectivity index (χ0v) is 12.6. The number of likely N-dealkylation sites (tertiary alicyclic amines) is 1. The lowest BCUT2D eigenvalue weighted by Crippen LogP contribution is -2.66. The first-order valence-corrected chi connectivity index (χ1v) is 7.62. The summed E-state index contributed by atoms with van der Waals surface area (Å²) in [6.45, 7) is 2.37. The van der Waals surface area contributed by atoms with Crippen LogP contribution in [-0.4, -0.2) is 52.7 Å². The average molecular weight is 315 g/mol. The van der Waals surface area contributed by atoms with Gasteiger partial charge in [-0.3, -0.25) is 4.79 Å². The zero-order chi connectivity index (χ0) is 15.7. The fourth-order valence-corrected chi connectivity index (χ4v) is 3.21. The van der Waals surface area contributed by atoms with Crippen LogP contribution in [0.3, 0.4) is 0 Å². The molecule has 0 unspecified atom stereocenters. The van der Waals surface area contributed by atoms with Gasteiger partial charge in [0.1, 0.15) is 11.9 Å². The van der Waals surface area contributed by atoms with Crippen LogP contribution in [0.2, 0.25) is 0 Å². The molecule has 0 N–H and O–H groups in total. The van der Waals surface area contributed by atoms with Crippen molar-refractivity contribution in [3.8, 4) is 5.88 Å². The molecule has 1 spiro atoms. The van der Waals surface area contributed by atoms with Crippen LogP contribution in [0.15, 0.2) is 41.5 Å². The molecule has 2 aromatic heterocycles. The van der Waals surface area contributed by atoms with Gasteiger partial charge in [-0.15, -0.1) is 0 Å². The summed E-state index contributed by atoms with van der Waals surface area (Å²) in [6.07, 6.45) is 5.26. The van der Waals surface area contributed by atoms with E-state index in [4.69, 9.17) is 13.9 Å². The summed E-state index contributed by atoms with van der Waals surface area (Å²) in [5.74, 6) is 0.750. The molecule has 0 bridgehead atoms. The standard InChI is InChI=1S/C16H17N3O4/c20-15(13-8-21-11-18-13)19-9-16(10-19)12(4-6-23-16)7-22-14-3-1-2-5-17-14/h1-3,5,8,11-12H,4,6-7,9-10H2/t12-/m0/s1. The highest BCUT2D eigenvalue weighted by atomic mass is 16.5. The molecule has 2 aliphatic rings. The third-order valence-corrected chi connectivity index (χ3v) is 4.53. The van der Waals surface area contributed by atoms with E-state index in [9.17, 15) is 4.79 Å². The van der Waals surface area contributed by atoms with Crippen LogP contribution in [0.5, 0.6) is 5.88 Å². The van der Waals surface area contributed by atoms with Crippen LogP contribution < -0.4 is 4.74 Å². The van der Waals surface area contributed by atoms with Crippen molar-refractivity contribution in [3.05, 3.63) is 42.7 Å². The molecule has 2 aliphatic heterocycles. The molecule has 7 heteroatoms. The summed E-state index contributed by atoms with van der Waals surface area (Å²) in [4.78, 5) is 22.0. The minimum atomic E-state index is -0.297. The smallest absolute Gasteiger partial charge is 0.276 e. The van der Waals surface area contributed by atoms with E-state index in [0.717, 1.165) is 6.42 Å². The third kappa shape index (κ3) is 2.57. The molecule has 0 saturated carbocycles. The second kappa shape index (κ2) is 5.66. The van der Waals surface area contributed by atoms with Gasteiger partial charge in [0, 0.05) is 24.8 Å². The van der Waals surface area contributed by atoms with Crippen molar-refractivity contribution in [1.82, 2.24) is 14.9 Å². The van der Waals surface area contributed by atoms with Crippen LogP contribution in [0.1, 0.15) is 16.9 Å². The van der Waals surface area contributed by atoms with E-state index in [0.29, 0.717) is 37.9 Å². The second-order valence-corrected chi connectivity index (χ2v) is 5.91. The van der Waals surface area contributed by atoms with Gasteiger partial charge in [-0.05, 0) is 12.5 Å². The lowest BCUT2D eigenvalue weighted by molar-refractivity contribution is -0.122. The maximum Gasteiger partial charge on any atom is 0.276 e. The van der Waals surface area contributed by atoms with Gasteiger partial charge >= 0.3 is 0 Å². The van der Waals surface area contributed by atoms with E-state index < -0.39 is 0 Å². The van der Waals surface area contributed by atoms with E-state index in [-0.39, 0.29) is 17.4 Å². The molecule has 4 rings (SSSR count). The SMILES string of the molecule is O=C(c1cocn1)N1CC2(C1)OCC[C@H]2COc1ccccn1. The largest absolute Gasteiger partial charge is 0.477 e. The fraction of sp³-hybridized carbons (Fsp3) is 0.438. The molecule has 2 fully saturated rings. The Balaban J connectivity index is 1.36. The monoisotopic (exact) mass is 315 g/mol. The van der Waals surface area contributed by atoms with Crippen molar-refractivity contribution < 1.29 is 18.7 Å². The van der Waals surface area contributed by atoms with Crippen molar-refractivity contribution in [2.75, 3.05) is 26.3 Å². The molecule has 4 heterocycles. The Morgan fingerprint density at radius 3 is 3.04 bits per heavy atom. The molecule has 1 amide bonds. The van der Waals surface area contributed by atoms with E-state index in [2.05, 4.69) is 9.97 Å². The molecule has 7 nitrogen and oxygen atoms in total. The Morgan fingerprint density at radius 2 is 2.30 bits per heavy atom. The highest BCUT2D eigenvalue weighted by Crippen LogP contribution is 2.40. The van der Waals surface area contributed by atoms with Crippen LogP contribution in [0, 0.1) is 5.92 Å². The molecule has 120 valence electrons. The Kier molecular flexibility index (Phi) is 3.49. The first-order valence-electron chi connectivity index (χ1n) is 7.62. The first-order chi connectivity index (χ1) is 11.3. The van der Waals surface area contributed by atoms with Gasteiger partial charge in [0.25, 0.3) is 5.91 Å². The maximum absolute atomic E-state index is 12.2. The number of rotatable bonds is 4. The summed E-state index contributed by atoms with van der Waals surface area (Å²) in [5, 5.41) is 0. The van der Waals surface area contributed by atoms with Crippen molar-refractivity contribution >= 4 is 5.91 Å². The van der Waals surface area contributed by atoms with Crippen LogP contribution >= 0.6 is 0 Å². The number of amides is 1. The van der Waals surface area contributed by atoms with E-state index in [1.54, 1.807) is 11.1 Å². The average Bonchev–Trinajstić information content (AvgIpc) is 3.21. The molecule has 2 aromatic rings. The van der Waals surface area contributed by atoms with Gasteiger partial charge < -0.3 is 18.8 Å². The number of hydrogen-bond donors (Lipinski definition) is 0. The molecule has 0 aliphatic carbocycles. The fourth-order valence-electron chi connectivity index (χ4n) is 3.21. The van der Waals surface area contributed by atoms with Crippen molar-refractivity contribution in [3.63, 3.8) is 0 Å². The van der Waals surface area contributed by atoms with Crippen LogP contribution in [0.25, 0.3) is 0 Å². The molecular weight excluding hydrogens is 298 g/mol. The molecule has 23 heavy (non-hydrogen) atoms. The lowest BCUT2D eigenvalue weighted by Gasteiger charge is -2.49. The van der Waals surface area contributed by atoms with Crippen LogP contribution in [0.4, 0.5) is 0 Å². The van der Waals surface area contributed by atoms with Gasteiger partial charge in [-0.1, -0.05) is 6.07 Å². The number of carbonyl (C=O) groups is 1. The van der Waals surface area contributed by atoms with Gasteiger partial charge in [-0.2, -0.15) is 0 Å². The van der Waals surface area contributed by atoms with Crippen molar-refractivity contribution in [2.45, 2.75) is 12.0 Å². The van der Waals surface area contributed by atoms with Gasteiger partial charge in [0.05, 0.1) is 19.7 Å². The van der Waals surface area contributed by atoms with Crippen LogP contribution in [-0.2, 0) is 4.74 Å². The topological polar surface area (TPSA) is 77.7 Å². The number of nitrogens with zero attached hydrogens (tertiary/aromatic N) is 3. The Labute approximate surface area is 133 Å². The minimum Gasteiger partial charge on any atom is -0.477 e. The summed E-state index contributed by atoms with van der Waals surface area (Å²) in [6, 6.07) is 5.58. The summed E-state index contributed by atoms with van der Waals surface area (Å²) in [5.41, 5.74) is 0.0351. The highest BCUT2D eigenvalue weighted by molar-refractivity contribution is 5.92. The predicted octanol–water partition coefficient (Wildman–Crippen LogP) is 1.38. The Hall–Kier alpha value is -2.41. The minimum absolute atomic E-state index is 0.121. The van der Waals surface area contributed by atoms with Gasteiger partial charge in [0.15, 0.2) is 12.1 Å². The van der Waals surface area contributed by atoms with E-state index >= 15 is 0 Å². The predicted molar refractivity (Wildman–Crippen MR) is 78.9 cm³/mol. The first kappa shape index (κ1) is 14.2. The van der Waals surface area contributed by atoms with Gasteiger partial charge in [0.2, 0.25) is 5.88 Å². The Morgan fingerprint density at radius 1 is 1.39 bits per heavy atom. The van der Waals surface area contributed by atoms with E-state index in [1.807, 2.05) is 18.2 Å². The number of pyridine rings is 1. The van der Waals surface area contributed by atoms with E-state index in [1.165, 1.54) is 12.7 Å². The number of carbonyl (C=O) groups excluding carboxylic acids is 1. The number of hydrogen-bond acceptors (Lipinski definition) is 6. The summed E-state index contributed by atoms with van der Waals surface area (Å²) >= 11 is 0. The molecule has 1 atom stereocenters. The Bertz CT molecular complexity index is 668. The normalized spacial score (nSPS) is 22.1. The van der Waals surface area contributed by atoms with Crippen molar-refractivity contribution in [1.29, 1.82) is 0 Å². The quantitative estimate of drug-likeness (QED) is 0.848. The third-order valence-electron chi connectivity index (χ3n) is 4.53. The number of aromatic nitrogens is 2. The highest BCUT2D eigenvalue weighted by Gasteiger charge is 2.55. The molecular formula is C16H17N3O4. The van der Waals surface area contributed by atoms with Crippen molar-refractivity contribution in [2.24, 2.45) is 5.92 Å². The lowest BCUT2D eigenvalue weighted by atomic mass is 9.81. The second-order valence-electron chi connectivity index (χ2n) is 5.91. The maximum atomic E-state index is 12.2. The molecule has 2 saturated heterocycles. The number of ether oxygens (including phenoxy) is 2. The molecule has 0 radical (unpaired) electrons. The number of oxazole rings is 1. The molecule has 0 aromatic carbocycles.